The van der Waals surface area contributed by atoms with Crippen molar-refractivity contribution in [1.82, 2.24) is 0 Å². The minimum atomic E-state index is -0.108. The van der Waals surface area contributed by atoms with Crippen LogP contribution in [-0.2, 0) is 11.3 Å². The van der Waals surface area contributed by atoms with Crippen molar-refractivity contribution in [3.63, 3.8) is 0 Å². The molecular formula is C20H25N2O5+. The monoisotopic (exact) mass is 373 g/mol. The van der Waals surface area contributed by atoms with Crippen LogP contribution in [0.25, 0.3) is 0 Å². The van der Waals surface area contributed by atoms with Gasteiger partial charge >= 0.3 is 0 Å². The fourth-order valence-corrected chi connectivity index (χ4v) is 3.15. The van der Waals surface area contributed by atoms with Gasteiger partial charge in [-0.3, -0.25) is 4.79 Å². The number of para-hydroxylation sites is 2. The summed E-state index contributed by atoms with van der Waals surface area (Å²) in [6, 6.07) is 10.7. The first-order chi connectivity index (χ1) is 13.1. The molecule has 7 nitrogen and oxygen atoms in total. The minimum Gasteiger partial charge on any atom is -0.507 e. The van der Waals surface area contributed by atoms with E-state index in [1.165, 1.54) is 0 Å². The average molecular weight is 373 g/mol. The maximum atomic E-state index is 12.5. The molecule has 0 radical (unpaired) electrons. The van der Waals surface area contributed by atoms with Crippen LogP contribution in [0.1, 0.15) is 18.9 Å². The van der Waals surface area contributed by atoms with E-state index in [1.807, 2.05) is 12.1 Å². The fourth-order valence-electron chi connectivity index (χ4n) is 3.15. The van der Waals surface area contributed by atoms with E-state index in [0.29, 0.717) is 29.5 Å². The Morgan fingerprint density at radius 3 is 2.74 bits per heavy atom. The number of phenols is 1. The van der Waals surface area contributed by atoms with Crippen molar-refractivity contribution in [3.8, 4) is 23.0 Å². The Kier molecular flexibility index (Phi) is 6.03. The molecule has 3 rings (SSSR count). The molecule has 3 N–H and O–H groups in total. The van der Waals surface area contributed by atoms with Crippen molar-refractivity contribution in [1.29, 1.82) is 0 Å². The number of aromatic hydroxyl groups is 1. The van der Waals surface area contributed by atoms with Crippen LogP contribution in [0.15, 0.2) is 36.4 Å². The molecule has 1 unspecified atom stereocenters. The van der Waals surface area contributed by atoms with Gasteiger partial charge in [0.1, 0.15) is 18.0 Å². The van der Waals surface area contributed by atoms with E-state index in [9.17, 15) is 9.90 Å². The molecule has 0 fully saturated rings. The predicted octanol–water partition coefficient (Wildman–Crippen LogP) is 1.56. The summed E-state index contributed by atoms with van der Waals surface area (Å²) >= 11 is 0. The molecule has 0 aromatic heterocycles. The summed E-state index contributed by atoms with van der Waals surface area (Å²) in [5.41, 5.74) is 1.37. The van der Waals surface area contributed by atoms with Gasteiger partial charge in [-0.15, -0.1) is 0 Å². The molecule has 1 heterocycles. The van der Waals surface area contributed by atoms with Gasteiger partial charge in [-0.25, -0.2) is 0 Å². The molecule has 0 saturated carbocycles. The molecule has 0 aliphatic carbocycles. The van der Waals surface area contributed by atoms with E-state index in [0.717, 1.165) is 23.4 Å². The summed E-state index contributed by atoms with van der Waals surface area (Å²) in [6.45, 7) is 3.81. The summed E-state index contributed by atoms with van der Waals surface area (Å²) in [6.07, 6.45) is 0.919. The maximum Gasteiger partial charge on any atom is 0.279 e. The quantitative estimate of drug-likeness (QED) is 0.654. The summed E-state index contributed by atoms with van der Waals surface area (Å²) in [7, 11) is 1.57. The first kappa shape index (κ1) is 18.8. The van der Waals surface area contributed by atoms with Crippen molar-refractivity contribution in [2.45, 2.75) is 19.9 Å². The highest BCUT2D eigenvalue weighted by Crippen LogP contribution is 2.37. The van der Waals surface area contributed by atoms with Gasteiger partial charge in [0, 0.05) is 6.07 Å². The van der Waals surface area contributed by atoms with Gasteiger partial charge in [-0.05, 0) is 24.6 Å². The highest BCUT2D eigenvalue weighted by molar-refractivity contribution is 5.92. The first-order valence-electron chi connectivity index (χ1n) is 8.98. The van der Waals surface area contributed by atoms with Gasteiger partial charge in [0.05, 0.1) is 24.9 Å². The Morgan fingerprint density at radius 2 is 2.00 bits per heavy atom. The molecular weight excluding hydrogens is 348 g/mol. The number of quaternary nitrogens is 1. The third kappa shape index (κ3) is 4.62. The maximum absolute atomic E-state index is 12.5. The number of carbonyl (C=O) groups excluding carboxylic acids is 1. The van der Waals surface area contributed by atoms with E-state index in [4.69, 9.17) is 14.2 Å². The number of hydrogen-bond acceptors (Lipinski definition) is 5. The second-order valence-corrected chi connectivity index (χ2v) is 6.44. The van der Waals surface area contributed by atoms with Gasteiger partial charge in [-0.2, -0.15) is 0 Å². The molecule has 1 atom stereocenters. The van der Waals surface area contributed by atoms with Crippen LogP contribution in [0.5, 0.6) is 23.0 Å². The summed E-state index contributed by atoms with van der Waals surface area (Å²) in [4.78, 5) is 13.6. The summed E-state index contributed by atoms with van der Waals surface area (Å²) in [5.74, 6) is 1.83. The molecule has 0 saturated heterocycles. The van der Waals surface area contributed by atoms with E-state index in [1.54, 1.807) is 31.4 Å². The minimum absolute atomic E-state index is 0.108. The molecule has 1 aliphatic rings. The molecule has 1 amide bonds. The van der Waals surface area contributed by atoms with Gasteiger partial charge < -0.3 is 29.5 Å². The summed E-state index contributed by atoms with van der Waals surface area (Å²) in [5, 5.41) is 13.2. The lowest BCUT2D eigenvalue weighted by atomic mass is 10.1. The lowest BCUT2D eigenvalue weighted by molar-refractivity contribution is -0.905. The largest absolute Gasteiger partial charge is 0.507 e. The standard InChI is InChI=1S/C20H24N2O5/c1-3-8-22(11-14-9-18-19(10-16(14)23)27-13-26-18)12-20(24)21-15-6-4-5-7-17(15)25-2/h4-7,9-10,23H,3,8,11-13H2,1-2H3,(H,21,24)/p+1. The van der Waals surface area contributed by atoms with Gasteiger partial charge in [0.25, 0.3) is 5.91 Å². The second-order valence-electron chi connectivity index (χ2n) is 6.44. The van der Waals surface area contributed by atoms with Crippen molar-refractivity contribution >= 4 is 11.6 Å². The number of phenolic OH excluding ortho intramolecular Hbond substituents is 1. The van der Waals surface area contributed by atoms with Crippen molar-refractivity contribution in [2.24, 2.45) is 0 Å². The van der Waals surface area contributed by atoms with Crippen LogP contribution in [-0.4, -0.2) is 38.0 Å². The zero-order chi connectivity index (χ0) is 19.2. The van der Waals surface area contributed by atoms with Crippen molar-refractivity contribution in [2.75, 3.05) is 32.3 Å². The predicted molar refractivity (Wildman–Crippen MR) is 101 cm³/mol. The SMILES string of the molecule is CCC[NH+](CC(=O)Nc1ccccc1OC)Cc1cc2c(cc1O)OCO2. The first-order valence-corrected chi connectivity index (χ1v) is 8.98. The molecule has 0 bridgehead atoms. The molecule has 27 heavy (non-hydrogen) atoms. The van der Waals surface area contributed by atoms with E-state index in [-0.39, 0.29) is 25.0 Å². The normalized spacial score (nSPS) is 13.3. The average Bonchev–Trinajstić information content (AvgIpc) is 3.09. The van der Waals surface area contributed by atoms with E-state index >= 15 is 0 Å². The zero-order valence-electron chi connectivity index (χ0n) is 15.6. The highest BCUT2D eigenvalue weighted by Gasteiger charge is 2.21. The number of carbonyl (C=O) groups is 1. The van der Waals surface area contributed by atoms with Crippen LogP contribution in [0.4, 0.5) is 5.69 Å². The summed E-state index contributed by atoms with van der Waals surface area (Å²) < 4.78 is 15.9. The third-order valence-corrected chi connectivity index (χ3v) is 4.41. The van der Waals surface area contributed by atoms with Crippen molar-refractivity contribution in [3.05, 3.63) is 42.0 Å². The van der Waals surface area contributed by atoms with E-state index < -0.39 is 0 Å². The third-order valence-electron chi connectivity index (χ3n) is 4.41. The van der Waals surface area contributed by atoms with Gasteiger partial charge in [-0.1, -0.05) is 19.1 Å². The molecule has 7 heteroatoms. The Hall–Kier alpha value is -2.93. The second kappa shape index (κ2) is 8.64. The van der Waals surface area contributed by atoms with Crippen LogP contribution in [0, 0.1) is 0 Å². The highest BCUT2D eigenvalue weighted by atomic mass is 16.7. The number of methoxy groups -OCH3 is 1. The molecule has 144 valence electrons. The number of nitrogens with one attached hydrogen (secondary N) is 2. The molecule has 2 aromatic rings. The number of fused-ring (bicyclic) bond motifs is 1. The van der Waals surface area contributed by atoms with Crippen LogP contribution < -0.4 is 24.4 Å². The van der Waals surface area contributed by atoms with Crippen LogP contribution >= 0.6 is 0 Å². The molecule has 1 aliphatic heterocycles. The number of ether oxygens (including phenoxy) is 3. The number of anilines is 1. The number of amides is 1. The molecule has 2 aromatic carbocycles. The lowest BCUT2D eigenvalue weighted by Gasteiger charge is -2.19. The lowest BCUT2D eigenvalue weighted by Crippen LogP contribution is -3.11. The number of hydrogen-bond donors (Lipinski definition) is 3. The van der Waals surface area contributed by atoms with Gasteiger partial charge in [0.2, 0.25) is 6.79 Å². The smallest absolute Gasteiger partial charge is 0.279 e. The number of benzene rings is 2. The van der Waals surface area contributed by atoms with E-state index in [2.05, 4.69) is 12.2 Å². The number of rotatable bonds is 8. The Morgan fingerprint density at radius 1 is 1.26 bits per heavy atom. The van der Waals surface area contributed by atoms with Crippen LogP contribution in [0.3, 0.4) is 0 Å². The fraction of sp³-hybridized carbons (Fsp3) is 0.350. The Balaban J connectivity index is 1.68. The van der Waals surface area contributed by atoms with Crippen LogP contribution in [0.2, 0.25) is 0 Å². The Labute approximate surface area is 158 Å². The zero-order valence-corrected chi connectivity index (χ0v) is 15.6. The topological polar surface area (TPSA) is 81.5 Å². The van der Waals surface area contributed by atoms with Gasteiger partial charge in [0.15, 0.2) is 18.0 Å². The Bertz CT molecular complexity index is 809. The van der Waals surface area contributed by atoms with Crippen molar-refractivity contribution < 1.29 is 29.0 Å². The molecule has 0 spiro atoms.